The van der Waals surface area contributed by atoms with Crippen molar-refractivity contribution in [2.24, 2.45) is 0 Å². The van der Waals surface area contributed by atoms with Gasteiger partial charge in [-0.15, -0.1) is 0 Å². The predicted molar refractivity (Wildman–Crippen MR) is 78.4 cm³/mol. The summed E-state index contributed by atoms with van der Waals surface area (Å²) in [4.78, 5) is 12.4. The number of sulfone groups is 1. The Hall–Kier alpha value is -1.40. The molecule has 0 saturated carbocycles. The third kappa shape index (κ3) is 4.05. The number of nitrogens with one attached hydrogen (secondary N) is 2. The van der Waals surface area contributed by atoms with Gasteiger partial charge in [0.2, 0.25) is 5.91 Å². The molecule has 1 unspecified atom stereocenters. The fraction of sp³-hybridized carbons (Fsp3) is 0.500. The standard InChI is InChI=1S/C14H20N2O3S/c1-20(18,19)12-7-5-6-11(10-12)16-14(17)13-8-3-2-4-9-15-13/h5-7,10,13,15H,2-4,8-9H2,1H3,(H,16,17). The van der Waals surface area contributed by atoms with Crippen molar-refractivity contribution < 1.29 is 13.2 Å². The second-order valence-corrected chi connectivity index (χ2v) is 7.16. The molecule has 0 aliphatic carbocycles. The van der Waals surface area contributed by atoms with E-state index in [4.69, 9.17) is 0 Å². The van der Waals surface area contributed by atoms with E-state index >= 15 is 0 Å². The molecule has 2 rings (SSSR count). The van der Waals surface area contributed by atoms with Crippen molar-refractivity contribution in [2.45, 2.75) is 36.6 Å². The molecular weight excluding hydrogens is 276 g/mol. The van der Waals surface area contributed by atoms with Gasteiger partial charge in [-0.05, 0) is 37.6 Å². The van der Waals surface area contributed by atoms with Gasteiger partial charge in [0.15, 0.2) is 9.84 Å². The van der Waals surface area contributed by atoms with Crippen LogP contribution in [0.15, 0.2) is 29.2 Å². The molecule has 1 aromatic carbocycles. The highest BCUT2D eigenvalue weighted by atomic mass is 32.2. The Labute approximate surface area is 119 Å². The fourth-order valence-electron chi connectivity index (χ4n) is 2.29. The molecule has 1 amide bonds. The third-order valence-corrected chi connectivity index (χ3v) is 4.52. The van der Waals surface area contributed by atoms with Crippen LogP contribution in [0.3, 0.4) is 0 Å². The van der Waals surface area contributed by atoms with Crippen LogP contribution < -0.4 is 10.6 Å². The van der Waals surface area contributed by atoms with Crippen molar-refractivity contribution >= 4 is 21.4 Å². The lowest BCUT2D eigenvalue weighted by Crippen LogP contribution is -2.39. The lowest BCUT2D eigenvalue weighted by molar-refractivity contribution is -0.118. The van der Waals surface area contributed by atoms with Crippen LogP contribution in [-0.4, -0.2) is 33.2 Å². The number of anilines is 1. The van der Waals surface area contributed by atoms with Crippen LogP contribution in [0.5, 0.6) is 0 Å². The van der Waals surface area contributed by atoms with Gasteiger partial charge in [-0.25, -0.2) is 8.42 Å². The maximum atomic E-state index is 12.2. The largest absolute Gasteiger partial charge is 0.325 e. The summed E-state index contributed by atoms with van der Waals surface area (Å²) in [5.74, 6) is -0.0995. The molecule has 6 heteroatoms. The molecule has 20 heavy (non-hydrogen) atoms. The van der Waals surface area contributed by atoms with Gasteiger partial charge in [0.05, 0.1) is 10.9 Å². The second-order valence-electron chi connectivity index (χ2n) is 5.15. The van der Waals surface area contributed by atoms with Crippen molar-refractivity contribution in [3.63, 3.8) is 0 Å². The number of benzene rings is 1. The molecule has 110 valence electrons. The molecule has 1 aliphatic heterocycles. The summed E-state index contributed by atoms with van der Waals surface area (Å²) in [5, 5.41) is 6.00. The lowest BCUT2D eigenvalue weighted by atomic mass is 10.1. The SMILES string of the molecule is CS(=O)(=O)c1cccc(NC(=O)C2CCCCCN2)c1. The summed E-state index contributed by atoms with van der Waals surface area (Å²) in [7, 11) is -3.26. The molecule has 1 aliphatic rings. The van der Waals surface area contributed by atoms with E-state index in [1.165, 1.54) is 12.1 Å². The maximum absolute atomic E-state index is 12.2. The maximum Gasteiger partial charge on any atom is 0.241 e. The third-order valence-electron chi connectivity index (χ3n) is 3.41. The Bertz CT molecular complexity index is 576. The summed E-state index contributed by atoms with van der Waals surface area (Å²) < 4.78 is 23.0. The minimum Gasteiger partial charge on any atom is -0.325 e. The first-order valence-corrected chi connectivity index (χ1v) is 8.70. The van der Waals surface area contributed by atoms with Crippen LogP contribution >= 0.6 is 0 Å². The van der Waals surface area contributed by atoms with E-state index in [1.807, 2.05) is 0 Å². The fourth-order valence-corrected chi connectivity index (χ4v) is 2.95. The van der Waals surface area contributed by atoms with Crippen molar-refractivity contribution in [2.75, 3.05) is 18.1 Å². The average Bonchev–Trinajstić information content (AvgIpc) is 2.67. The first kappa shape index (κ1) is 15.0. The summed E-state index contributed by atoms with van der Waals surface area (Å²) in [6.45, 7) is 0.849. The quantitative estimate of drug-likeness (QED) is 0.887. The number of carbonyl (C=O) groups is 1. The number of rotatable bonds is 3. The van der Waals surface area contributed by atoms with Gasteiger partial charge in [0, 0.05) is 11.9 Å². The van der Waals surface area contributed by atoms with E-state index in [1.54, 1.807) is 12.1 Å². The highest BCUT2D eigenvalue weighted by Crippen LogP contribution is 2.16. The monoisotopic (exact) mass is 296 g/mol. The number of hydrogen-bond donors (Lipinski definition) is 2. The van der Waals surface area contributed by atoms with Crippen molar-refractivity contribution in [1.82, 2.24) is 5.32 Å². The normalized spacial score (nSPS) is 20.1. The van der Waals surface area contributed by atoms with Crippen LogP contribution in [0.2, 0.25) is 0 Å². The number of carbonyl (C=O) groups excluding carboxylic acids is 1. The molecule has 1 heterocycles. The van der Waals surface area contributed by atoms with E-state index in [0.29, 0.717) is 5.69 Å². The average molecular weight is 296 g/mol. The number of hydrogen-bond acceptors (Lipinski definition) is 4. The second kappa shape index (κ2) is 6.37. The molecule has 1 aromatic rings. The zero-order valence-electron chi connectivity index (χ0n) is 11.6. The molecule has 1 saturated heterocycles. The van der Waals surface area contributed by atoms with E-state index in [9.17, 15) is 13.2 Å². The smallest absolute Gasteiger partial charge is 0.241 e. The molecule has 5 nitrogen and oxygen atoms in total. The van der Waals surface area contributed by atoms with Crippen LogP contribution in [0.4, 0.5) is 5.69 Å². The first-order valence-electron chi connectivity index (χ1n) is 6.81. The predicted octanol–water partition coefficient (Wildman–Crippen LogP) is 1.56. The van der Waals surface area contributed by atoms with Crippen LogP contribution in [0, 0.1) is 0 Å². The first-order chi connectivity index (χ1) is 9.47. The molecule has 0 aromatic heterocycles. The molecule has 0 bridgehead atoms. The Morgan fingerprint density at radius 3 is 2.85 bits per heavy atom. The van der Waals surface area contributed by atoms with Crippen molar-refractivity contribution in [3.05, 3.63) is 24.3 Å². The summed E-state index contributed by atoms with van der Waals surface area (Å²) in [5.41, 5.74) is 0.518. The molecule has 0 spiro atoms. The minimum absolute atomic E-state index is 0.0995. The van der Waals surface area contributed by atoms with E-state index in [0.717, 1.165) is 38.5 Å². The van der Waals surface area contributed by atoms with Gasteiger partial charge in [-0.3, -0.25) is 4.79 Å². The van der Waals surface area contributed by atoms with Gasteiger partial charge < -0.3 is 10.6 Å². The molecule has 1 fully saturated rings. The molecule has 2 N–H and O–H groups in total. The van der Waals surface area contributed by atoms with E-state index in [-0.39, 0.29) is 16.8 Å². The summed E-state index contributed by atoms with van der Waals surface area (Å²) in [6.07, 6.45) is 5.24. The Balaban J connectivity index is 2.07. The Kier molecular flexibility index (Phi) is 4.77. The van der Waals surface area contributed by atoms with E-state index < -0.39 is 9.84 Å². The summed E-state index contributed by atoms with van der Waals surface area (Å²) >= 11 is 0. The number of amides is 1. The highest BCUT2D eigenvalue weighted by molar-refractivity contribution is 7.90. The Morgan fingerprint density at radius 1 is 1.30 bits per heavy atom. The van der Waals surface area contributed by atoms with Gasteiger partial charge in [0.1, 0.15) is 0 Å². The van der Waals surface area contributed by atoms with Gasteiger partial charge in [-0.2, -0.15) is 0 Å². The van der Waals surface area contributed by atoms with Gasteiger partial charge in [-0.1, -0.05) is 18.9 Å². The van der Waals surface area contributed by atoms with Gasteiger partial charge in [0.25, 0.3) is 0 Å². The highest BCUT2D eigenvalue weighted by Gasteiger charge is 2.19. The zero-order chi connectivity index (χ0) is 14.6. The minimum atomic E-state index is -3.26. The zero-order valence-corrected chi connectivity index (χ0v) is 12.4. The van der Waals surface area contributed by atoms with Crippen LogP contribution in [0.25, 0.3) is 0 Å². The van der Waals surface area contributed by atoms with Crippen molar-refractivity contribution in [1.29, 1.82) is 0 Å². The summed E-state index contributed by atoms with van der Waals surface area (Å²) in [6, 6.07) is 6.15. The molecule has 0 radical (unpaired) electrons. The van der Waals surface area contributed by atoms with Crippen LogP contribution in [-0.2, 0) is 14.6 Å². The molecular formula is C14H20N2O3S. The Morgan fingerprint density at radius 2 is 2.10 bits per heavy atom. The molecule has 1 atom stereocenters. The van der Waals surface area contributed by atoms with Gasteiger partial charge >= 0.3 is 0 Å². The van der Waals surface area contributed by atoms with Crippen molar-refractivity contribution in [3.8, 4) is 0 Å². The lowest BCUT2D eigenvalue weighted by Gasteiger charge is -2.15. The van der Waals surface area contributed by atoms with E-state index in [2.05, 4.69) is 10.6 Å². The topological polar surface area (TPSA) is 75.3 Å². The van der Waals surface area contributed by atoms with Crippen LogP contribution in [0.1, 0.15) is 25.7 Å².